The molecule has 2 aliphatic rings. The predicted octanol–water partition coefficient (Wildman–Crippen LogP) is 4.23. The second-order valence-corrected chi connectivity index (χ2v) is 13.1. The van der Waals surface area contributed by atoms with Crippen LogP contribution < -0.4 is 16.0 Å². The summed E-state index contributed by atoms with van der Waals surface area (Å²) in [6, 6.07) is 5.57. The molecule has 0 unspecified atom stereocenters. The van der Waals surface area contributed by atoms with E-state index in [1.165, 1.54) is 23.3 Å². The highest BCUT2D eigenvalue weighted by Gasteiger charge is 2.37. The third-order valence-corrected chi connectivity index (χ3v) is 9.73. The fraction of sp³-hybridized carbons (Fsp3) is 0.464. The summed E-state index contributed by atoms with van der Waals surface area (Å²) in [6.07, 6.45) is 9.79. The van der Waals surface area contributed by atoms with Gasteiger partial charge in [0.05, 0.1) is 28.9 Å². The molecule has 0 radical (unpaired) electrons. The van der Waals surface area contributed by atoms with Gasteiger partial charge in [0.2, 0.25) is 0 Å². The molecule has 16 heteroatoms. The minimum Gasteiger partial charge on any atom is -0.382 e. The van der Waals surface area contributed by atoms with E-state index in [2.05, 4.69) is 41.1 Å². The minimum absolute atomic E-state index is 0.143. The molecule has 0 spiro atoms. The SMILES string of the molecule is O=S(=O)(C1CC1)n1cc(-c2nccc(Nc3cc(NC4CCC(NCCF)CC4)c(-c4ccn(CC(F)F)n4)cn3)n2)cn1. The van der Waals surface area contributed by atoms with Crippen molar-refractivity contribution in [2.45, 2.75) is 68.8 Å². The lowest BCUT2D eigenvalue weighted by molar-refractivity contribution is 0.122. The zero-order valence-electron chi connectivity index (χ0n) is 23.8. The number of halogens is 3. The number of hydrogen-bond acceptors (Lipinski definition) is 10. The summed E-state index contributed by atoms with van der Waals surface area (Å²) < 4.78 is 65.8. The van der Waals surface area contributed by atoms with Gasteiger partial charge in [-0.1, -0.05) is 0 Å². The van der Waals surface area contributed by atoms with Crippen LogP contribution in [0.1, 0.15) is 38.5 Å². The summed E-state index contributed by atoms with van der Waals surface area (Å²) in [6.45, 7) is -0.556. The van der Waals surface area contributed by atoms with Gasteiger partial charge in [-0.25, -0.2) is 36.5 Å². The quantitative estimate of drug-likeness (QED) is 0.196. The standard InChI is InChI=1S/C28H33F3N10O2S/c29-9-11-32-19-1-3-20(4-2-19)36-24-13-27(34-15-22(24)23-8-12-40(39-23)17-25(30)31)37-26-7-10-33-28(38-26)18-14-35-41(16-18)44(42,43)21-5-6-21/h7-8,10,12-16,19-21,25,32H,1-6,9,11,17H2,(H2,33,34,36,37,38). The Balaban J connectivity index is 1.22. The third-order valence-electron chi connectivity index (χ3n) is 7.70. The molecule has 4 aromatic rings. The molecule has 6 rings (SSSR count). The first-order chi connectivity index (χ1) is 21.3. The number of anilines is 3. The van der Waals surface area contributed by atoms with Crippen molar-refractivity contribution in [1.29, 1.82) is 0 Å². The summed E-state index contributed by atoms with van der Waals surface area (Å²) in [4.78, 5) is 13.3. The largest absolute Gasteiger partial charge is 0.382 e. The van der Waals surface area contributed by atoms with Gasteiger partial charge in [0, 0.05) is 54.5 Å². The third kappa shape index (κ3) is 7.01. The van der Waals surface area contributed by atoms with Crippen LogP contribution in [0.25, 0.3) is 22.6 Å². The number of hydrogen-bond donors (Lipinski definition) is 3. The molecule has 4 heterocycles. The van der Waals surface area contributed by atoms with Crippen LogP contribution in [0.4, 0.5) is 30.5 Å². The van der Waals surface area contributed by atoms with Gasteiger partial charge in [0.15, 0.2) is 5.82 Å². The van der Waals surface area contributed by atoms with E-state index in [4.69, 9.17) is 0 Å². The number of rotatable bonds is 13. The monoisotopic (exact) mass is 630 g/mol. The molecule has 0 bridgehead atoms. The first-order valence-electron chi connectivity index (χ1n) is 14.6. The van der Waals surface area contributed by atoms with E-state index in [9.17, 15) is 21.6 Å². The number of aromatic nitrogens is 7. The van der Waals surface area contributed by atoms with E-state index in [1.54, 1.807) is 24.5 Å². The Hall–Kier alpha value is -4.05. The summed E-state index contributed by atoms with van der Waals surface area (Å²) in [5.74, 6) is 1.20. The summed E-state index contributed by atoms with van der Waals surface area (Å²) >= 11 is 0. The van der Waals surface area contributed by atoms with Crippen LogP contribution in [-0.2, 0) is 16.6 Å². The van der Waals surface area contributed by atoms with E-state index in [-0.39, 0.29) is 12.1 Å². The van der Waals surface area contributed by atoms with Crippen molar-refractivity contribution in [1.82, 2.24) is 39.2 Å². The van der Waals surface area contributed by atoms with E-state index in [0.29, 0.717) is 53.7 Å². The van der Waals surface area contributed by atoms with Crippen molar-refractivity contribution in [3.05, 3.63) is 49.2 Å². The normalized spacial score (nSPS) is 18.9. The van der Waals surface area contributed by atoms with Crippen molar-refractivity contribution < 1.29 is 21.6 Å². The van der Waals surface area contributed by atoms with Crippen LogP contribution in [-0.4, -0.2) is 79.3 Å². The van der Waals surface area contributed by atoms with Gasteiger partial charge >= 0.3 is 0 Å². The number of alkyl halides is 3. The zero-order valence-corrected chi connectivity index (χ0v) is 24.6. The average Bonchev–Trinajstić information content (AvgIpc) is 3.58. The van der Waals surface area contributed by atoms with Crippen LogP contribution in [0.2, 0.25) is 0 Å². The predicted molar refractivity (Wildman–Crippen MR) is 159 cm³/mol. The lowest BCUT2D eigenvalue weighted by Gasteiger charge is -2.30. The molecule has 0 amide bonds. The number of nitrogens with zero attached hydrogens (tertiary/aromatic N) is 7. The molecule has 2 saturated carbocycles. The van der Waals surface area contributed by atoms with Gasteiger partial charge in [-0.15, -0.1) is 0 Å². The second-order valence-electron chi connectivity index (χ2n) is 11.0. The Bertz CT molecular complexity index is 1680. The van der Waals surface area contributed by atoms with Crippen molar-refractivity contribution in [3.63, 3.8) is 0 Å². The lowest BCUT2D eigenvalue weighted by atomic mass is 9.91. The Labute approximate surface area is 252 Å². The number of nitrogens with one attached hydrogen (secondary N) is 3. The molecule has 0 aliphatic heterocycles. The Morgan fingerprint density at radius 2 is 1.80 bits per heavy atom. The summed E-state index contributed by atoms with van der Waals surface area (Å²) in [5, 5.41) is 18.0. The van der Waals surface area contributed by atoms with Gasteiger partial charge in [-0.05, 0) is 50.7 Å². The highest BCUT2D eigenvalue weighted by atomic mass is 32.2. The first kappa shape index (κ1) is 30.0. The molecule has 0 saturated heterocycles. The number of pyridine rings is 1. The topological polar surface area (TPSA) is 145 Å². The molecule has 12 nitrogen and oxygen atoms in total. The van der Waals surface area contributed by atoms with Crippen LogP contribution in [0, 0.1) is 0 Å². The molecular weight excluding hydrogens is 597 g/mol. The van der Waals surface area contributed by atoms with Crippen molar-refractivity contribution >= 4 is 27.3 Å². The van der Waals surface area contributed by atoms with Crippen molar-refractivity contribution in [2.75, 3.05) is 23.9 Å². The summed E-state index contributed by atoms with van der Waals surface area (Å²) in [5.41, 5.74) is 2.35. The van der Waals surface area contributed by atoms with Gasteiger partial charge in [0.1, 0.15) is 24.9 Å². The van der Waals surface area contributed by atoms with Gasteiger partial charge in [0.25, 0.3) is 16.4 Å². The molecule has 4 aromatic heterocycles. The fourth-order valence-corrected chi connectivity index (χ4v) is 6.77. The maximum atomic E-state index is 13.0. The maximum absolute atomic E-state index is 13.0. The minimum atomic E-state index is -3.51. The van der Waals surface area contributed by atoms with E-state index in [1.807, 2.05) is 6.07 Å². The van der Waals surface area contributed by atoms with Crippen molar-refractivity contribution in [3.8, 4) is 22.6 Å². The smallest absolute Gasteiger partial charge is 0.257 e. The molecular formula is C28H33F3N10O2S. The molecule has 44 heavy (non-hydrogen) atoms. The highest BCUT2D eigenvalue weighted by Crippen LogP contribution is 2.33. The van der Waals surface area contributed by atoms with Crippen LogP contribution in [0.15, 0.2) is 49.2 Å². The fourth-order valence-electron chi connectivity index (χ4n) is 5.29. The zero-order chi connectivity index (χ0) is 30.7. The van der Waals surface area contributed by atoms with E-state index < -0.39 is 34.9 Å². The van der Waals surface area contributed by atoms with Crippen molar-refractivity contribution in [2.24, 2.45) is 0 Å². The van der Waals surface area contributed by atoms with Gasteiger partial charge in [-0.2, -0.15) is 14.3 Å². The van der Waals surface area contributed by atoms with E-state index >= 15 is 0 Å². The summed E-state index contributed by atoms with van der Waals surface area (Å²) in [7, 11) is -3.51. The molecule has 3 N–H and O–H groups in total. The Morgan fingerprint density at radius 1 is 1.00 bits per heavy atom. The van der Waals surface area contributed by atoms with E-state index in [0.717, 1.165) is 35.5 Å². The highest BCUT2D eigenvalue weighted by molar-refractivity contribution is 7.90. The van der Waals surface area contributed by atoms with Crippen LogP contribution in [0.5, 0.6) is 0 Å². The van der Waals surface area contributed by atoms with Gasteiger partial charge < -0.3 is 16.0 Å². The molecule has 2 aliphatic carbocycles. The van der Waals surface area contributed by atoms with Gasteiger partial charge in [-0.3, -0.25) is 4.68 Å². The van der Waals surface area contributed by atoms with Crippen LogP contribution in [0.3, 0.4) is 0 Å². The second kappa shape index (κ2) is 12.9. The Morgan fingerprint density at radius 3 is 2.55 bits per heavy atom. The molecule has 234 valence electrons. The molecule has 2 fully saturated rings. The van der Waals surface area contributed by atoms with Crippen LogP contribution >= 0.6 is 0 Å². The average molecular weight is 631 g/mol. The maximum Gasteiger partial charge on any atom is 0.257 e. The first-order valence-corrected chi connectivity index (χ1v) is 16.1. The molecule has 0 aromatic carbocycles. The Kier molecular flexibility index (Phi) is 8.79. The lowest BCUT2D eigenvalue weighted by Crippen LogP contribution is -2.37. The molecule has 0 atom stereocenters.